The van der Waals surface area contributed by atoms with E-state index in [-0.39, 0.29) is 6.54 Å². The zero-order chi connectivity index (χ0) is 10.4. The first-order chi connectivity index (χ1) is 6.64. The van der Waals surface area contributed by atoms with Gasteiger partial charge in [-0.15, -0.1) is 0 Å². The summed E-state index contributed by atoms with van der Waals surface area (Å²) in [5, 5.41) is 6.14. The lowest BCUT2D eigenvalue weighted by molar-refractivity contribution is 0.563. The Morgan fingerprint density at radius 3 is 2.86 bits per heavy atom. The number of H-pyrrole nitrogens is 1. The molecule has 1 aromatic rings. The van der Waals surface area contributed by atoms with Gasteiger partial charge in [-0.1, -0.05) is 6.92 Å². The first kappa shape index (κ1) is 11.1. The molecule has 0 aliphatic rings. The molecule has 1 heterocycles. The summed E-state index contributed by atoms with van der Waals surface area (Å²) in [5.41, 5.74) is 0. The summed E-state index contributed by atoms with van der Waals surface area (Å²) in [5.74, 6) is 0.479. The first-order valence-electron chi connectivity index (χ1n) is 4.22. The van der Waals surface area contributed by atoms with E-state index in [0.29, 0.717) is 12.4 Å². The van der Waals surface area contributed by atoms with E-state index in [0.717, 1.165) is 6.42 Å². The highest BCUT2D eigenvalue weighted by Gasteiger charge is 2.08. The summed E-state index contributed by atoms with van der Waals surface area (Å²) < 4.78 is 27.1. The van der Waals surface area contributed by atoms with Gasteiger partial charge in [-0.2, -0.15) is 18.2 Å². The van der Waals surface area contributed by atoms with Gasteiger partial charge in [0, 0.05) is 6.54 Å². The van der Waals surface area contributed by atoms with E-state index in [1.165, 1.54) is 6.33 Å². The summed E-state index contributed by atoms with van der Waals surface area (Å²) in [6.07, 6.45) is 2.08. The van der Waals surface area contributed by atoms with Crippen molar-refractivity contribution in [2.24, 2.45) is 0 Å². The number of hydrogen-bond donors (Lipinski definition) is 3. The summed E-state index contributed by atoms with van der Waals surface area (Å²) >= 11 is 0. The predicted molar refractivity (Wildman–Crippen MR) is 50.4 cm³/mol. The Morgan fingerprint density at radius 1 is 1.50 bits per heavy atom. The van der Waals surface area contributed by atoms with Crippen molar-refractivity contribution in [2.45, 2.75) is 19.9 Å². The van der Waals surface area contributed by atoms with Crippen LogP contribution in [0.2, 0.25) is 0 Å². The molecule has 3 N–H and O–H groups in total. The van der Waals surface area contributed by atoms with Crippen molar-refractivity contribution in [3.63, 3.8) is 0 Å². The molecule has 1 aromatic heterocycles. The van der Waals surface area contributed by atoms with E-state index in [1.54, 1.807) is 0 Å². The molecule has 0 aliphatic carbocycles. The van der Waals surface area contributed by atoms with Crippen LogP contribution in [-0.4, -0.2) is 30.1 Å². The normalized spacial score (nSPS) is 11.8. The molecule has 0 fully saturated rings. The van der Waals surface area contributed by atoms with Gasteiger partial charge in [0.25, 0.3) is 10.2 Å². The zero-order valence-electron chi connectivity index (χ0n) is 7.82. The smallest absolute Gasteiger partial charge is 0.262 e. The van der Waals surface area contributed by atoms with Crippen LogP contribution in [0.25, 0.3) is 0 Å². The van der Waals surface area contributed by atoms with Gasteiger partial charge in [0.2, 0.25) is 0 Å². The maximum absolute atomic E-state index is 11.2. The Kier molecular flexibility index (Phi) is 3.98. The van der Waals surface area contributed by atoms with Crippen LogP contribution in [0.3, 0.4) is 0 Å². The minimum absolute atomic E-state index is 0.110. The second-order valence-electron chi connectivity index (χ2n) is 2.65. The lowest BCUT2D eigenvalue weighted by Crippen LogP contribution is -2.36. The molecule has 80 valence electrons. The standard InChI is InChI=1S/C6H13N5O2S/c1-2-3-9-14(12,13)10-4-6-7-5-8-11-6/h5,9-10H,2-4H2,1H3,(H,7,8,11). The zero-order valence-corrected chi connectivity index (χ0v) is 8.63. The summed E-state index contributed by atoms with van der Waals surface area (Å²) in [6.45, 7) is 2.42. The van der Waals surface area contributed by atoms with E-state index in [1.807, 2.05) is 6.92 Å². The molecule has 0 saturated carbocycles. The lowest BCUT2D eigenvalue weighted by Gasteiger charge is -2.04. The van der Waals surface area contributed by atoms with Crippen LogP contribution in [-0.2, 0) is 16.8 Å². The average molecular weight is 219 g/mol. The second kappa shape index (κ2) is 5.03. The Balaban J connectivity index is 2.37. The van der Waals surface area contributed by atoms with Crippen LogP contribution in [0.1, 0.15) is 19.2 Å². The molecule has 7 nitrogen and oxygen atoms in total. The van der Waals surface area contributed by atoms with Crippen molar-refractivity contribution in [1.29, 1.82) is 0 Å². The van der Waals surface area contributed by atoms with Crippen molar-refractivity contribution < 1.29 is 8.42 Å². The van der Waals surface area contributed by atoms with Crippen LogP contribution in [0.4, 0.5) is 0 Å². The van der Waals surface area contributed by atoms with Crippen LogP contribution < -0.4 is 9.44 Å². The third kappa shape index (κ3) is 3.81. The van der Waals surface area contributed by atoms with Crippen LogP contribution in [0, 0.1) is 0 Å². The Bertz CT molecular complexity index is 346. The fourth-order valence-corrected chi connectivity index (χ4v) is 1.67. The van der Waals surface area contributed by atoms with E-state index in [4.69, 9.17) is 0 Å². The average Bonchev–Trinajstić information content (AvgIpc) is 2.64. The summed E-state index contributed by atoms with van der Waals surface area (Å²) in [4.78, 5) is 3.78. The first-order valence-corrected chi connectivity index (χ1v) is 5.71. The molecular formula is C6H13N5O2S. The summed E-state index contributed by atoms with van der Waals surface area (Å²) in [7, 11) is -3.41. The predicted octanol–water partition coefficient (Wildman–Crippen LogP) is -0.861. The molecular weight excluding hydrogens is 206 g/mol. The van der Waals surface area contributed by atoms with Crippen LogP contribution >= 0.6 is 0 Å². The largest absolute Gasteiger partial charge is 0.277 e. The Morgan fingerprint density at radius 2 is 2.29 bits per heavy atom. The van der Waals surface area contributed by atoms with Crippen LogP contribution in [0.5, 0.6) is 0 Å². The monoisotopic (exact) mass is 219 g/mol. The van der Waals surface area contributed by atoms with Gasteiger partial charge in [0.05, 0.1) is 6.54 Å². The number of nitrogens with zero attached hydrogens (tertiary/aromatic N) is 2. The van der Waals surface area contributed by atoms with Crippen LogP contribution in [0.15, 0.2) is 6.33 Å². The quantitative estimate of drug-likeness (QED) is 0.579. The Hall–Kier alpha value is -0.990. The van der Waals surface area contributed by atoms with E-state index in [2.05, 4.69) is 24.6 Å². The third-order valence-corrected chi connectivity index (χ3v) is 2.55. The maximum atomic E-state index is 11.2. The molecule has 8 heteroatoms. The van der Waals surface area contributed by atoms with Gasteiger partial charge in [0.1, 0.15) is 12.2 Å². The van der Waals surface area contributed by atoms with Crippen molar-refractivity contribution in [3.8, 4) is 0 Å². The highest BCUT2D eigenvalue weighted by molar-refractivity contribution is 7.87. The van der Waals surface area contributed by atoms with Crippen molar-refractivity contribution >= 4 is 10.2 Å². The number of aromatic amines is 1. The SMILES string of the molecule is CCCNS(=O)(=O)NCc1ncn[nH]1. The fourth-order valence-electron chi connectivity index (χ4n) is 0.767. The van der Waals surface area contributed by atoms with E-state index < -0.39 is 10.2 Å². The maximum Gasteiger partial charge on any atom is 0.277 e. The van der Waals surface area contributed by atoms with Gasteiger partial charge in [-0.05, 0) is 6.42 Å². The molecule has 0 saturated heterocycles. The molecule has 1 rings (SSSR count). The molecule has 0 atom stereocenters. The highest BCUT2D eigenvalue weighted by atomic mass is 32.2. The minimum atomic E-state index is -3.41. The molecule has 0 unspecified atom stereocenters. The van der Waals surface area contributed by atoms with Gasteiger partial charge < -0.3 is 0 Å². The lowest BCUT2D eigenvalue weighted by atomic mass is 10.5. The summed E-state index contributed by atoms with van der Waals surface area (Å²) in [6, 6.07) is 0. The highest BCUT2D eigenvalue weighted by Crippen LogP contribution is 1.86. The molecule has 0 aliphatic heterocycles. The van der Waals surface area contributed by atoms with Crippen molar-refractivity contribution in [1.82, 2.24) is 24.6 Å². The van der Waals surface area contributed by atoms with Gasteiger partial charge in [-0.25, -0.2) is 9.71 Å². The molecule has 0 spiro atoms. The molecule has 14 heavy (non-hydrogen) atoms. The van der Waals surface area contributed by atoms with Gasteiger partial charge in [-0.3, -0.25) is 5.10 Å². The molecule has 0 amide bonds. The number of hydrogen-bond acceptors (Lipinski definition) is 4. The van der Waals surface area contributed by atoms with Gasteiger partial charge in [0.15, 0.2) is 0 Å². The molecule has 0 aromatic carbocycles. The number of nitrogens with one attached hydrogen (secondary N) is 3. The van der Waals surface area contributed by atoms with Gasteiger partial charge >= 0.3 is 0 Å². The third-order valence-electron chi connectivity index (χ3n) is 1.44. The van der Waals surface area contributed by atoms with Crippen molar-refractivity contribution in [3.05, 3.63) is 12.2 Å². The van der Waals surface area contributed by atoms with Crippen molar-refractivity contribution in [2.75, 3.05) is 6.54 Å². The number of rotatable bonds is 6. The minimum Gasteiger partial charge on any atom is -0.262 e. The Labute approximate surface area is 82.5 Å². The second-order valence-corrected chi connectivity index (χ2v) is 4.24. The van der Waals surface area contributed by atoms with E-state index in [9.17, 15) is 8.42 Å². The number of aromatic nitrogens is 3. The molecule has 0 bridgehead atoms. The van der Waals surface area contributed by atoms with E-state index >= 15 is 0 Å². The fraction of sp³-hybridized carbons (Fsp3) is 0.667. The molecule has 0 radical (unpaired) electrons. The topological polar surface area (TPSA) is 99.8 Å².